The summed E-state index contributed by atoms with van der Waals surface area (Å²) in [5, 5.41) is 13.6. The number of nitrogens with one attached hydrogen (secondary N) is 1. The summed E-state index contributed by atoms with van der Waals surface area (Å²) < 4.78 is 0. The van der Waals surface area contributed by atoms with Crippen LogP contribution in [0.15, 0.2) is 6.33 Å². The first-order valence-electron chi connectivity index (χ1n) is 5.15. The molecule has 0 aromatic carbocycles. The van der Waals surface area contributed by atoms with Gasteiger partial charge in [-0.1, -0.05) is 19.8 Å². The molecule has 3 N–H and O–H groups in total. The van der Waals surface area contributed by atoms with Gasteiger partial charge in [0.15, 0.2) is 0 Å². The number of nitro groups is 1. The summed E-state index contributed by atoms with van der Waals surface area (Å²) in [5.41, 5.74) is 5.17. The Kier molecular flexibility index (Phi) is 4.43. The van der Waals surface area contributed by atoms with Crippen LogP contribution in [0, 0.1) is 10.1 Å². The van der Waals surface area contributed by atoms with Crippen LogP contribution in [0.4, 0.5) is 17.3 Å². The monoisotopic (exact) mass is 225 g/mol. The number of anilines is 2. The van der Waals surface area contributed by atoms with Crippen molar-refractivity contribution >= 4 is 17.3 Å². The SMILES string of the molecule is CCCCCNc1ncnc(N)c1[N+](=O)[O-]. The quantitative estimate of drug-likeness (QED) is 0.432. The van der Waals surface area contributed by atoms with Gasteiger partial charge in [0.1, 0.15) is 6.33 Å². The molecule has 0 aliphatic rings. The molecule has 1 heterocycles. The van der Waals surface area contributed by atoms with Gasteiger partial charge in [-0.3, -0.25) is 10.1 Å². The van der Waals surface area contributed by atoms with E-state index in [0.29, 0.717) is 6.54 Å². The molecular weight excluding hydrogens is 210 g/mol. The highest BCUT2D eigenvalue weighted by molar-refractivity contribution is 5.67. The Morgan fingerprint density at radius 2 is 2.25 bits per heavy atom. The Labute approximate surface area is 93.2 Å². The van der Waals surface area contributed by atoms with Gasteiger partial charge in [0.2, 0.25) is 11.6 Å². The first kappa shape index (κ1) is 12.2. The third-order valence-electron chi connectivity index (χ3n) is 2.11. The van der Waals surface area contributed by atoms with Crippen LogP contribution >= 0.6 is 0 Å². The van der Waals surface area contributed by atoms with Crippen LogP contribution in [0.25, 0.3) is 0 Å². The standard InChI is InChI=1S/C9H15N5O2/c1-2-3-4-5-11-9-7(14(15)16)8(10)12-6-13-9/h6H,2-5H2,1H3,(H3,10,11,12,13). The highest BCUT2D eigenvalue weighted by Gasteiger charge is 2.20. The molecule has 1 rings (SSSR count). The Bertz CT molecular complexity index is 369. The lowest BCUT2D eigenvalue weighted by Gasteiger charge is -2.05. The van der Waals surface area contributed by atoms with Gasteiger partial charge >= 0.3 is 5.69 Å². The van der Waals surface area contributed by atoms with Crippen LogP contribution in [0.2, 0.25) is 0 Å². The topological polar surface area (TPSA) is 107 Å². The molecule has 0 fully saturated rings. The molecule has 1 aromatic heterocycles. The summed E-state index contributed by atoms with van der Waals surface area (Å²) in [6.07, 6.45) is 4.32. The van der Waals surface area contributed by atoms with Crippen LogP contribution in [0.1, 0.15) is 26.2 Å². The highest BCUT2D eigenvalue weighted by atomic mass is 16.6. The smallest absolute Gasteiger partial charge is 0.352 e. The van der Waals surface area contributed by atoms with Crippen LogP contribution in [-0.2, 0) is 0 Å². The minimum Gasteiger partial charge on any atom is -0.378 e. The number of nitrogens with two attached hydrogens (primary N) is 1. The molecule has 7 heteroatoms. The van der Waals surface area contributed by atoms with Crippen molar-refractivity contribution in [1.82, 2.24) is 9.97 Å². The van der Waals surface area contributed by atoms with Crippen molar-refractivity contribution in [3.63, 3.8) is 0 Å². The number of hydrogen-bond donors (Lipinski definition) is 2. The molecule has 0 aliphatic heterocycles. The van der Waals surface area contributed by atoms with Crippen LogP contribution in [-0.4, -0.2) is 21.4 Å². The van der Waals surface area contributed by atoms with Crippen molar-refractivity contribution in [2.75, 3.05) is 17.6 Å². The Morgan fingerprint density at radius 1 is 1.50 bits per heavy atom. The van der Waals surface area contributed by atoms with E-state index in [1.54, 1.807) is 0 Å². The molecular formula is C9H15N5O2. The summed E-state index contributed by atoms with van der Waals surface area (Å²) in [6.45, 7) is 2.73. The van der Waals surface area contributed by atoms with E-state index < -0.39 is 4.92 Å². The molecule has 0 amide bonds. The average Bonchev–Trinajstić information content (AvgIpc) is 2.24. The molecule has 16 heavy (non-hydrogen) atoms. The second-order valence-electron chi connectivity index (χ2n) is 3.35. The predicted octanol–water partition coefficient (Wildman–Crippen LogP) is 1.57. The molecule has 1 aromatic rings. The van der Waals surface area contributed by atoms with Crippen LogP contribution < -0.4 is 11.1 Å². The number of unbranched alkanes of at least 4 members (excludes halogenated alkanes) is 2. The van der Waals surface area contributed by atoms with Crippen molar-refractivity contribution in [2.24, 2.45) is 0 Å². The summed E-state index contributed by atoms with van der Waals surface area (Å²) in [6, 6.07) is 0. The molecule has 0 unspecified atom stereocenters. The molecule has 0 saturated heterocycles. The maximum atomic E-state index is 10.7. The van der Waals surface area contributed by atoms with Crippen LogP contribution in [0.3, 0.4) is 0 Å². The highest BCUT2D eigenvalue weighted by Crippen LogP contribution is 2.25. The van der Waals surface area contributed by atoms with Gasteiger partial charge in [-0.15, -0.1) is 0 Å². The van der Waals surface area contributed by atoms with Gasteiger partial charge in [0.25, 0.3) is 0 Å². The zero-order valence-electron chi connectivity index (χ0n) is 9.14. The molecule has 0 spiro atoms. The van der Waals surface area contributed by atoms with Crippen molar-refractivity contribution in [1.29, 1.82) is 0 Å². The lowest BCUT2D eigenvalue weighted by atomic mass is 10.2. The molecule has 88 valence electrons. The molecule has 7 nitrogen and oxygen atoms in total. The van der Waals surface area contributed by atoms with E-state index in [1.807, 2.05) is 0 Å². The summed E-state index contributed by atoms with van der Waals surface area (Å²) in [4.78, 5) is 17.6. The number of aromatic nitrogens is 2. The van der Waals surface area contributed by atoms with E-state index in [2.05, 4.69) is 22.2 Å². The van der Waals surface area contributed by atoms with Crippen molar-refractivity contribution in [3.05, 3.63) is 16.4 Å². The average molecular weight is 225 g/mol. The predicted molar refractivity (Wildman–Crippen MR) is 61.1 cm³/mol. The van der Waals surface area contributed by atoms with E-state index in [1.165, 1.54) is 6.33 Å². The Hall–Kier alpha value is -1.92. The van der Waals surface area contributed by atoms with Gasteiger partial charge in [0.05, 0.1) is 4.92 Å². The summed E-state index contributed by atoms with van der Waals surface area (Å²) in [5.74, 6) is 0.0756. The van der Waals surface area contributed by atoms with E-state index in [0.717, 1.165) is 19.3 Å². The van der Waals surface area contributed by atoms with Gasteiger partial charge in [-0.2, -0.15) is 0 Å². The fourth-order valence-corrected chi connectivity index (χ4v) is 1.28. The lowest BCUT2D eigenvalue weighted by molar-refractivity contribution is -0.383. The second kappa shape index (κ2) is 5.84. The van der Waals surface area contributed by atoms with Crippen molar-refractivity contribution in [2.45, 2.75) is 26.2 Å². The molecule has 0 aliphatic carbocycles. The maximum Gasteiger partial charge on any atom is 0.352 e. The zero-order chi connectivity index (χ0) is 12.0. The first-order valence-corrected chi connectivity index (χ1v) is 5.15. The fraction of sp³-hybridized carbons (Fsp3) is 0.556. The minimum atomic E-state index is -0.572. The number of rotatable bonds is 6. The molecule has 0 atom stereocenters. The molecule has 0 radical (unpaired) electrons. The second-order valence-corrected chi connectivity index (χ2v) is 3.35. The van der Waals surface area contributed by atoms with Crippen molar-refractivity contribution < 1.29 is 4.92 Å². The molecule has 0 saturated carbocycles. The third-order valence-corrected chi connectivity index (χ3v) is 2.11. The molecule has 0 bridgehead atoms. The number of nitrogen functional groups attached to an aromatic ring is 1. The fourth-order valence-electron chi connectivity index (χ4n) is 1.28. The van der Waals surface area contributed by atoms with Gasteiger partial charge < -0.3 is 11.1 Å². The van der Waals surface area contributed by atoms with E-state index in [4.69, 9.17) is 5.73 Å². The Balaban J connectivity index is 2.71. The summed E-state index contributed by atoms with van der Waals surface area (Å²) in [7, 11) is 0. The lowest BCUT2D eigenvalue weighted by Crippen LogP contribution is -2.09. The number of hydrogen-bond acceptors (Lipinski definition) is 6. The Morgan fingerprint density at radius 3 is 2.88 bits per heavy atom. The van der Waals surface area contributed by atoms with Crippen LogP contribution in [0.5, 0.6) is 0 Å². The first-order chi connectivity index (χ1) is 7.66. The third kappa shape index (κ3) is 3.04. The van der Waals surface area contributed by atoms with Gasteiger partial charge in [-0.05, 0) is 6.42 Å². The zero-order valence-corrected chi connectivity index (χ0v) is 9.14. The van der Waals surface area contributed by atoms with Gasteiger partial charge in [-0.25, -0.2) is 9.97 Å². The van der Waals surface area contributed by atoms with Gasteiger partial charge in [0, 0.05) is 6.54 Å². The van der Waals surface area contributed by atoms with E-state index in [9.17, 15) is 10.1 Å². The minimum absolute atomic E-state index is 0.113. The van der Waals surface area contributed by atoms with Crippen molar-refractivity contribution in [3.8, 4) is 0 Å². The number of nitrogens with zero attached hydrogens (tertiary/aromatic N) is 3. The maximum absolute atomic E-state index is 10.7. The van der Waals surface area contributed by atoms with E-state index in [-0.39, 0.29) is 17.3 Å². The normalized spacial score (nSPS) is 10.1. The summed E-state index contributed by atoms with van der Waals surface area (Å²) >= 11 is 0. The van der Waals surface area contributed by atoms with E-state index >= 15 is 0 Å². The largest absolute Gasteiger partial charge is 0.378 e.